The van der Waals surface area contributed by atoms with Gasteiger partial charge in [-0.05, 0) is 0 Å². The van der Waals surface area contributed by atoms with Crippen LogP contribution in [0.1, 0.15) is 0 Å². The van der Waals surface area contributed by atoms with Crippen LogP contribution in [0.5, 0.6) is 0 Å². The summed E-state index contributed by atoms with van der Waals surface area (Å²) in [6.07, 6.45) is -0.945. The molecule has 0 aromatic carbocycles. The molecule has 0 fully saturated rings. The average molecular weight is 245 g/mol. The number of nitrogens with zero attached hydrogens (tertiary/aromatic N) is 5. The van der Waals surface area contributed by atoms with Gasteiger partial charge in [0, 0.05) is 0 Å². The molecule has 0 aliphatic heterocycles. The first kappa shape index (κ1) is 11.0. The first-order chi connectivity index (χ1) is 7.61. The molecule has 2 rings (SSSR count). The van der Waals surface area contributed by atoms with Crippen molar-refractivity contribution in [3.63, 3.8) is 0 Å². The predicted molar refractivity (Wildman–Crippen MR) is 55.6 cm³/mol. The van der Waals surface area contributed by atoms with E-state index in [9.17, 15) is 5.11 Å². The van der Waals surface area contributed by atoms with Crippen molar-refractivity contribution < 1.29 is 10.2 Å². The molecule has 0 amide bonds. The summed E-state index contributed by atoms with van der Waals surface area (Å²) in [6.45, 7) is -0.324. The lowest BCUT2D eigenvalue weighted by Crippen LogP contribution is -2.21. The van der Waals surface area contributed by atoms with Crippen LogP contribution in [0, 0.1) is 0 Å². The minimum atomic E-state index is -0.945. The quantitative estimate of drug-likeness (QED) is 0.580. The highest BCUT2D eigenvalue weighted by Crippen LogP contribution is 2.18. The van der Waals surface area contributed by atoms with E-state index in [1.54, 1.807) is 0 Å². The first-order valence-corrected chi connectivity index (χ1v) is 4.80. The number of aromatic nitrogens is 5. The fourth-order valence-electron chi connectivity index (χ4n) is 1.22. The summed E-state index contributed by atoms with van der Waals surface area (Å²) in [4.78, 5) is 7.63. The molecule has 1 atom stereocenters. The standard InChI is InChI=1S/C7H9ClN6O2/c8-5-4-6(11-7(9)10-5)14(13-12-4)1-3(16)2-15/h3,15-16H,1-2H2,(H2,9,10,11). The van der Waals surface area contributed by atoms with E-state index in [1.807, 2.05) is 0 Å². The van der Waals surface area contributed by atoms with Crippen LogP contribution in [0.25, 0.3) is 11.2 Å². The highest BCUT2D eigenvalue weighted by Gasteiger charge is 2.14. The van der Waals surface area contributed by atoms with Crippen molar-refractivity contribution in [2.75, 3.05) is 12.3 Å². The molecule has 2 aromatic heterocycles. The molecule has 16 heavy (non-hydrogen) atoms. The van der Waals surface area contributed by atoms with Gasteiger partial charge in [-0.1, -0.05) is 16.8 Å². The summed E-state index contributed by atoms with van der Waals surface area (Å²) in [5.41, 5.74) is 6.06. The van der Waals surface area contributed by atoms with E-state index >= 15 is 0 Å². The zero-order valence-corrected chi connectivity index (χ0v) is 8.83. The van der Waals surface area contributed by atoms with Crippen LogP contribution >= 0.6 is 11.6 Å². The Hall–Kier alpha value is -1.51. The number of nitrogens with two attached hydrogens (primary N) is 1. The first-order valence-electron chi connectivity index (χ1n) is 4.43. The van der Waals surface area contributed by atoms with Gasteiger partial charge >= 0.3 is 0 Å². The lowest BCUT2D eigenvalue weighted by molar-refractivity contribution is 0.0787. The van der Waals surface area contributed by atoms with Crippen molar-refractivity contribution in [3.05, 3.63) is 5.15 Å². The van der Waals surface area contributed by atoms with Gasteiger partial charge in [-0.15, -0.1) is 5.10 Å². The SMILES string of the molecule is Nc1nc(Cl)c2nnn(CC(O)CO)c2n1. The van der Waals surface area contributed by atoms with Crippen molar-refractivity contribution in [3.8, 4) is 0 Å². The highest BCUT2D eigenvalue weighted by molar-refractivity contribution is 6.33. The second-order valence-electron chi connectivity index (χ2n) is 3.15. The van der Waals surface area contributed by atoms with Crippen molar-refractivity contribution in [1.82, 2.24) is 25.0 Å². The number of fused-ring (bicyclic) bond motifs is 1. The van der Waals surface area contributed by atoms with Gasteiger partial charge in [0.1, 0.15) is 0 Å². The minimum absolute atomic E-state index is 0.000428. The third-order valence-electron chi connectivity index (χ3n) is 1.93. The summed E-state index contributed by atoms with van der Waals surface area (Å²) in [7, 11) is 0. The van der Waals surface area contributed by atoms with Crippen molar-refractivity contribution in [2.24, 2.45) is 0 Å². The minimum Gasteiger partial charge on any atom is -0.394 e. The third kappa shape index (κ3) is 1.90. The summed E-state index contributed by atoms with van der Waals surface area (Å²) in [6, 6.07) is 0. The Bertz CT molecular complexity index is 515. The molecule has 86 valence electrons. The molecule has 0 aliphatic rings. The molecule has 0 bridgehead atoms. The van der Waals surface area contributed by atoms with E-state index in [0.717, 1.165) is 0 Å². The van der Waals surface area contributed by atoms with Crippen molar-refractivity contribution in [2.45, 2.75) is 12.6 Å². The lowest BCUT2D eigenvalue weighted by Gasteiger charge is -2.06. The highest BCUT2D eigenvalue weighted by atomic mass is 35.5. The number of aliphatic hydroxyl groups is 2. The van der Waals surface area contributed by atoms with E-state index < -0.39 is 6.10 Å². The van der Waals surface area contributed by atoms with E-state index in [4.69, 9.17) is 22.4 Å². The van der Waals surface area contributed by atoms with Gasteiger partial charge in [-0.2, -0.15) is 9.97 Å². The van der Waals surface area contributed by atoms with Crippen LogP contribution in [-0.2, 0) is 6.54 Å². The van der Waals surface area contributed by atoms with Crippen LogP contribution in [0.15, 0.2) is 0 Å². The molecule has 8 nitrogen and oxygen atoms in total. The lowest BCUT2D eigenvalue weighted by atomic mass is 10.4. The third-order valence-corrected chi connectivity index (χ3v) is 2.20. The molecule has 0 spiro atoms. The molecule has 2 aromatic rings. The van der Waals surface area contributed by atoms with Gasteiger partial charge in [0.25, 0.3) is 0 Å². The molecular weight excluding hydrogens is 236 g/mol. The van der Waals surface area contributed by atoms with Gasteiger partial charge in [0.15, 0.2) is 16.3 Å². The van der Waals surface area contributed by atoms with Gasteiger partial charge in [-0.3, -0.25) is 0 Å². The maximum atomic E-state index is 9.28. The van der Waals surface area contributed by atoms with Crippen LogP contribution in [0.4, 0.5) is 5.95 Å². The summed E-state index contributed by atoms with van der Waals surface area (Å²) < 4.78 is 1.31. The van der Waals surface area contributed by atoms with Gasteiger partial charge in [0.05, 0.1) is 19.3 Å². The number of aliphatic hydroxyl groups excluding tert-OH is 2. The van der Waals surface area contributed by atoms with Crippen molar-refractivity contribution >= 4 is 28.7 Å². The van der Waals surface area contributed by atoms with Crippen LogP contribution in [-0.4, -0.2) is 47.9 Å². The molecule has 0 aliphatic carbocycles. The summed E-state index contributed by atoms with van der Waals surface area (Å²) >= 11 is 5.79. The Balaban J connectivity index is 2.47. The molecule has 4 N–H and O–H groups in total. The largest absolute Gasteiger partial charge is 0.394 e. The fraction of sp³-hybridized carbons (Fsp3) is 0.429. The van der Waals surface area contributed by atoms with Crippen molar-refractivity contribution in [1.29, 1.82) is 0 Å². The average Bonchev–Trinajstić information content (AvgIpc) is 2.61. The summed E-state index contributed by atoms with van der Waals surface area (Å²) in [5, 5.41) is 25.6. The van der Waals surface area contributed by atoms with Gasteiger partial charge in [-0.25, -0.2) is 4.68 Å². The van der Waals surface area contributed by atoms with E-state index in [1.165, 1.54) is 4.68 Å². The molecule has 2 heterocycles. The Morgan fingerprint density at radius 1 is 1.44 bits per heavy atom. The molecule has 9 heteroatoms. The van der Waals surface area contributed by atoms with E-state index in [0.29, 0.717) is 11.2 Å². The van der Waals surface area contributed by atoms with Crippen LogP contribution < -0.4 is 5.73 Å². The van der Waals surface area contributed by atoms with E-state index in [2.05, 4.69) is 20.3 Å². The van der Waals surface area contributed by atoms with Crippen LogP contribution in [0.3, 0.4) is 0 Å². The number of hydrogen-bond donors (Lipinski definition) is 3. The number of nitrogen functional groups attached to an aromatic ring is 1. The van der Waals surface area contributed by atoms with Crippen LogP contribution in [0.2, 0.25) is 5.15 Å². The second-order valence-corrected chi connectivity index (χ2v) is 3.51. The molecule has 0 saturated carbocycles. The number of hydrogen-bond acceptors (Lipinski definition) is 7. The molecule has 1 unspecified atom stereocenters. The Morgan fingerprint density at radius 2 is 2.19 bits per heavy atom. The number of rotatable bonds is 3. The number of halogens is 1. The zero-order valence-electron chi connectivity index (χ0n) is 8.08. The Morgan fingerprint density at radius 3 is 2.88 bits per heavy atom. The maximum Gasteiger partial charge on any atom is 0.223 e. The van der Waals surface area contributed by atoms with Gasteiger partial charge < -0.3 is 15.9 Å². The Labute approximate surface area is 94.7 Å². The molecule has 0 radical (unpaired) electrons. The second kappa shape index (κ2) is 4.16. The molecule has 0 saturated heterocycles. The zero-order chi connectivity index (χ0) is 11.7. The summed E-state index contributed by atoms with van der Waals surface area (Å²) in [5.74, 6) is -0.000428. The maximum absolute atomic E-state index is 9.28. The topological polar surface area (TPSA) is 123 Å². The fourth-order valence-corrected chi connectivity index (χ4v) is 1.43. The smallest absolute Gasteiger partial charge is 0.223 e. The Kier molecular flexibility index (Phi) is 2.86. The molecular formula is C7H9ClN6O2. The monoisotopic (exact) mass is 244 g/mol. The van der Waals surface area contributed by atoms with E-state index in [-0.39, 0.29) is 24.3 Å². The number of anilines is 1. The van der Waals surface area contributed by atoms with Gasteiger partial charge in [0.2, 0.25) is 5.95 Å². The predicted octanol–water partition coefficient (Wildman–Crippen LogP) is -1.19. The normalized spacial score (nSPS) is 13.2.